The topological polar surface area (TPSA) is 53.5 Å². The summed E-state index contributed by atoms with van der Waals surface area (Å²) in [6.45, 7) is 5.69. The van der Waals surface area contributed by atoms with Gasteiger partial charge in [0.15, 0.2) is 0 Å². The Hall–Kier alpha value is -0.690. The van der Waals surface area contributed by atoms with Crippen LogP contribution in [0.25, 0.3) is 0 Å². The molecule has 7 heteroatoms. The Morgan fingerprint density at radius 3 is 2.58 bits per heavy atom. The van der Waals surface area contributed by atoms with Crippen LogP contribution in [-0.2, 0) is 10.0 Å². The SMILES string of the molecule is CCCN1CCN(S(=O)(=O)c2cnccc2Cl)CC1. The van der Waals surface area contributed by atoms with Crippen LogP contribution in [0.2, 0.25) is 5.02 Å². The van der Waals surface area contributed by atoms with Gasteiger partial charge in [-0.15, -0.1) is 0 Å². The molecule has 1 saturated heterocycles. The molecule has 1 aromatic rings. The molecular formula is C12H18ClN3O2S. The quantitative estimate of drug-likeness (QED) is 0.845. The van der Waals surface area contributed by atoms with Gasteiger partial charge >= 0.3 is 0 Å². The van der Waals surface area contributed by atoms with Crippen molar-refractivity contribution < 1.29 is 8.42 Å². The third-order valence-corrected chi connectivity index (χ3v) is 5.59. The molecule has 2 rings (SSSR count). The number of halogens is 1. The molecule has 2 heterocycles. The molecule has 0 radical (unpaired) electrons. The molecule has 19 heavy (non-hydrogen) atoms. The van der Waals surface area contributed by atoms with Crippen molar-refractivity contribution in [1.82, 2.24) is 14.2 Å². The van der Waals surface area contributed by atoms with Crippen LogP contribution in [0.1, 0.15) is 13.3 Å². The summed E-state index contributed by atoms with van der Waals surface area (Å²) in [5, 5.41) is 0.228. The van der Waals surface area contributed by atoms with Crippen molar-refractivity contribution in [1.29, 1.82) is 0 Å². The zero-order chi connectivity index (χ0) is 13.9. The van der Waals surface area contributed by atoms with Crippen molar-refractivity contribution in [3.8, 4) is 0 Å². The smallest absolute Gasteiger partial charge is 0.246 e. The van der Waals surface area contributed by atoms with Gasteiger partial charge in [0, 0.05) is 38.6 Å². The highest BCUT2D eigenvalue weighted by Crippen LogP contribution is 2.24. The highest BCUT2D eigenvalue weighted by atomic mass is 35.5. The predicted molar refractivity (Wildman–Crippen MR) is 74.7 cm³/mol. The van der Waals surface area contributed by atoms with Gasteiger partial charge in [0.2, 0.25) is 10.0 Å². The molecule has 0 amide bonds. The second kappa shape index (κ2) is 6.17. The summed E-state index contributed by atoms with van der Waals surface area (Å²) in [5.74, 6) is 0. The molecule has 0 aromatic carbocycles. The lowest BCUT2D eigenvalue weighted by Crippen LogP contribution is -2.48. The largest absolute Gasteiger partial charge is 0.301 e. The summed E-state index contributed by atoms with van der Waals surface area (Å²) in [6.07, 6.45) is 3.89. The van der Waals surface area contributed by atoms with Crippen LogP contribution in [0, 0.1) is 0 Å². The van der Waals surface area contributed by atoms with Crippen molar-refractivity contribution >= 4 is 21.6 Å². The van der Waals surface area contributed by atoms with Gasteiger partial charge in [-0.2, -0.15) is 4.31 Å². The van der Waals surface area contributed by atoms with Crippen molar-refractivity contribution in [2.75, 3.05) is 32.7 Å². The first-order chi connectivity index (χ1) is 9.05. The van der Waals surface area contributed by atoms with E-state index in [1.807, 2.05) is 0 Å². The van der Waals surface area contributed by atoms with Crippen LogP contribution in [0.3, 0.4) is 0 Å². The highest BCUT2D eigenvalue weighted by Gasteiger charge is 2.29. The molecular weight excluding hydrogens is 286 g/mol. The van der Waals surface area contributed by atoms with Crippen LogP contribution in [-0.4, -0.2) is 55.3 Å². The fourth-order valence-electron chi connectivity index (χ4n) is 2.20. The summed E-state index contributed by atoms with van der Waals surface area (Å²) in [4.78, 5) is 6.22. The van der Waals surface area contributed by atoms with E-state index in [2.05, 4.69) is 16.8 Å². The molecule has 0 spiro atoms. The second-order valence-corrected chi connectivity index (χ2v) is 6.87. The molecule has 1 aromatic heterocycles. The van der Waals surface area contributed by atoms with Crippen LogP contribution < -0.4 is 0 Å². The molecule has 106 valence electrons. The maximum absolute atomic E-state index is 12.5. The van der Waals surface area contributed by atoms with E-state index in [9.17, 15) is 8.42 Å². The molecule has 5 nitrogen and oxygen atoms in total. The summed E-state index contributed by atoms with van der Waals surface area (Å²) in [6, 6.07) is 1.50. The summed E-state index contributed by atoms with van der Waals surface area (Å²) >= 11 is 5.95. The first kappa shape index (κ1) is 14.7. The number of pyridine rings is 1. The normalized spacial score (nSPS) is 18.6. The minimum absolute atomic E-state index is 0.0978. The zero-order valence-corrected chi connectivity index (χ0v) is 12.5. The van der Waals surface area contributed by atoms with E-state index in [4.69, 9.17) is 11.6 Å². The van der Waals surface area contributed by atoms with Gasteiger partial charge in [-0.3, -0.25) is 4.98 Å². The van der Waals surface area contributed by atoms with Gasteiger partial charge in [0.25, 0.3) is 0 Å². The number of nitrogens with zero attached hydrogens (tertiary/aromatic N) is 3. The Labute approximate surface area is 119 Å². The zero-order valence-electron chi connectivity index (χ0n) is 10.9. The van der Waals surface area contributed by atoms with Gasteiger partial charge in [0.05, 0.1) is 5.02 Å². The lowest BCUT2D eigenvalue weighted by Gasteiger charge is -2.33. The fraction of sp³-hybridized carbons (Fsp3) is 0.583. The lowest BCUT2D eigenvalue weighted by molar-refractivity contribution is 0.188. The van der Waals surface area contributed by atoms with E-state index in [-0.39, 0.29) is 9.92 Å². The van der Waals surface area contributed by atoms with Gasteiger partial charge in [-0.1, -0.05) is 18.5 Å². The minimum atomic E-state index is -3.52. The summed E-state index contributed by atoms with van der Waals surface area (Å²) in [5.41, 5.74) is 0. The second-order valence-electron chi connectivity index (χ2n) is 4.55. The molecule has 0 aliphatic carbocycles. The Bertz CT molecular complexity index is 528. The Kier molecular flexibility index (Phi) is 4.78. The van der Waals surface area contributed by atoms with Crippen LogP contribution in [0.5, 0.6) is 0 Å². The average molecular weight is 304 g/mol. The lowest BCUT2D eigenvalue weighted by atomic mass is 10.3. The van der Waals surface area contributed by atoms with Crippen molar-refractivity contribution in [2.24, 2.45) is 0 Å². The van der Waals surface area contributed by atoms with Gasteiger partial charge in [-0.25, -0.2) is 8.42 Å². The Morgan fingerprint density at radius 1 is 1.32 bits per heavy atom. The first-order valence-electron chi connectivity index (χ1n) is 6.37. The van der Waals surface area contributed by atoms with E-state index in [0.29, 0.717) is 13.1 Å². The molecule has 0 unspecified atom stereocenters. The van der Waals surface area contributed by atoms with E-state index in [1.165, 1.54) is 22.8 Å². The minimum Gasteiger partial charge on any atom is -0.301 e. The number of sulfonamides is 1. The summed E-state index contributed by atoms with van der Waals surface area (Å²) < 4.78 is 26.4. The first-order valence-corrected chi connectivity index (χ1v) is 8.19. The summed E-state index contributed by atoms with van der Waals surface area (Å²) in [7, 11) is -3.52. The Morgan fingerprint density at radius 2 is 2.00 bits per heavy atom. The molecule has 0 saturated carbocycles. The number of aromatic nitrogens is 1. The number of hydrogen-bond acceptors (Lipinski definition) is 4. The molecule has 1 fully saturated rings. The molecule has 0 N–H and O–H groups in total. The van der Waals surface area contributed by atoms with Crippen molar-refractivity contribution in [2.45, 2.75) is 18.2 Å². The maximum Gasteiger partial charge on any atom is 0.246 e. The predicted octanol–water partition coefficient (Wildman–Crippen LogP) is 1.45. The van der Waals surface area contributed by atoms with E-state index in [1.54, 1.807) is 0 Å². The van der Waals surface area contributed by atoms with Gasteiger partial charge < -0.3 is 4.90 Å². The molecule has 0 bridgehead atoms. The van der Waals surface area contributed by atoms with Gasteiger partial charge in [0.1, 0.15) is 4.90 Å². The standard InChI is InChI=1S/C12H18ClN3O2S/c1-2-5-15-6-8-16(9-7-15)19(17,18)12-10-14-4-3-11(12)13/h3-4,10H,2,5-9H2,1H3. The number of piperazine rings is 1. The van der Waals surface area contributed by atoms with E-state index < -0.39 is 10.0 Å². The molecule has 1 aliphatic rings. The van der Waals surface area contributed by atoms with E-state index >= 15 is 0 Å². The molecule has 1 aliphatic heterocycles. The van der Waals surface area contributed by atoms with Crippen LogP contribution in [0.15, 0.2) is 23.4 Å². The van der Waals surface area contributed by atoms with E-state index in [0.717, 1.165) is 26.1 Å². The van der Waals surface area contributed by atoms with Crippen molar-refractivity contribution in [3.63, 3.8) is 0 Å². The third kappa shape index (κ3) is 3.25. The van der Waals surface area contributed by atoms with Gasteiger partial charge in [-0.05, 0) is 19.0 Å². The average Bonchev–Trinajstić information content (AvgIpc) is 2.40. The monoisotopic (exact) mass is 303 g/mol. The maximum atomic E-state index is 12.5. The Balaban J connectivity index is 2.12. The number of rotatable bonds is 4. The third-order valence-electron chi connectivity index (χ3n) is 3.22. The fourth-order valence-corrected chi connectivity index (χ4v) is 4.03. The van der Waals surface area contributed by atoms with Crippen molar-refractivity contribution in [3.05, 3.63) is 23.5 Å². The van der Waals surface area contributed by atoms with Crippen LogP contribution in [0.4, 0.5) is 0 Å². The molecule has 0 atom stereocenters. The van der Waals surface area contributed by atoms with Crippen LogP contribution >= 0.6 is 11.6 Å². The number of hydrogen-bond donors (Lipinski definition) is 0. The highest BCUT2D eigenvalue weighted by molar-refractivity contribution is 7.89.